The molecule has 218 valence electrons. The number of carbonyl (C=O) groups is 3. The van der Waals surface area contributed by atoms with Crippen molar-refractivity contribution in [2.24, 2.45) is 11.5 Å². The van der Waals surface area contributed by atoms with Crippen LogP contribution >= 0.6 is 11.3 Å². The quantitative estimate of drug-likeness (QED) is 0.195. The molecular formula is C29H36FN7O3S. The van der Waals surface area contributed by atoms with E-state index in [1.807, 2.05) is 25.1 Å². The van der Waals surface area contributed by atoms with Crippen LogP contribution in [0.4, 0.5) is 9.18 Å². The van der Waals surface area contributed by atoms with E-state index in [9.17, 15) is 18.8 Å². The van der Waals surface area contributed by atoms with Gasteiger partial charge >= 0.3 is 6.03 Å². The zero-order valence-corrected chi connectivity index (χ0v) is 24.2. The van der Waals surface area contributed by atoms with Crippen molar-refractivity contribution in [1.82, 2.24) is 19.7 Å². The average molecular weight is 582 g/mol. The van der Waals surface area contributed by atoms with Gasteiger partial charge in [0.15, 0.2) is 11.0 Å². The van der Waals surface area contributed by atoms with Crippen molar-refractivity contribution in [3.05, 3.63) is 64.9 Å². The molecule has 4 rings (SSSR count). The van der Waals surface area contributed by atoms with Crippen LogP contribution in [0.5, 0.6) is 0 Å². The first-order valence-corrected chi connectivity index (χ1v) is 14.4. The number of halogens is 1. The number of nitrogens with zero attached hydrogens (tertiary/aromatic N) is 4. The van der Waals surface area contributed by atoms with Gasteiger partial charge in [-0.05, 0) is 69.4 Å². The zero-order valence-electron chi connectivity index (χ0n) is 23.4. The Labute approximate surface area is 242 Å². The average Bonchev–Trinajstić information content (AvgIpc) is 3.55. The topological polar surface area (TPSA) is 150 Å². The summed E-state index contributed by atoms with van der Waals surface area (Å²) < 4.78 is 14.5. The van der Waals surface area contributed by atoms with Crippen LogP contribution in [-0.4, -0.2) is 75.1 Å². The van der Waals surface area contributed by atoms with Crippen molar-refractivity contribution in [3.8, 4) is 0 Å². The van der Waals surface area contributed by atoms with Crippen molar-refractivity contribution in [2.75, 3.05) is 13.6 Å². The fourth-order valence-corrected chi connectivity index (χ4v) is 6.14. The molecule has 2 unspecified atom stereocenters. The van der Waals surface area contributed by atoms with Gasteiger partial charge in [0.1, 0.15) is 11.9 Å². The molecule has 0 saturated carbocycles. The smallest absolute Gasteiger partial charge is 0.328 e. The number of nitrogens with two attached hydrogens (primary N) is 2. The molecule has 1 aromatic heterocycles. The molecule has 12 heteroatoms. The molecule has 1 aliphatic rings. The third-order valence-corrected chi connectivity index (χ3v) is 8.53. The molecule has 0 bridgehead atoms. The number of ketones is 1. The van der Waals surface area contributed by atoms with E-state index in [0.717, 1.165) is 15.2 Å². The first kappa shape index (κ1) is 30.1. The fraction of sp³-hybridized carbons (Fsp3) is 0.414. The Bertz CT molecular complexity index is 1390. The number of fused-ring (bicyclic) bond motifs is 1. The number of hydrogen-bond acceptors (Lipinski definition) is 7. The van der Waals surface area contributed by atoms with Crippen molar-refractivity contribution in [2.45, 2.75) is 63.7 Å². The molecule has 0 spiro atoms. The number of para-hydroxylation sites is 1. The molecule has 1 saturated heterocycles. The summed E-state index contributed by atoms with van der Waals surface area (Å²) in [5, 5.41) is 7.85. The van der Waals surface area contributed by atoms with Gasteiger partial charge in [-0.3, -0.25) is 19.9 Å². The normalized spacial score (nSPS) is 18.2. The van der Waals surface area contributed by atoms with Gasteiger partial charge in [-0.15, -0.1) is 11.3 Å². The lowest BCUT2D eigenvalue weighted by Gasteiger charge is -2.37. The summed E-state index contributed by atoms with van der Waals surface area (Å²) >= 11 is 1.20. The second-order valence-electron chi connectivity index (χ2n) is 10.5. The van der Waals surface area contributed by atoms with Gasteiger partial charge in [-0.1, -0.05) is 24.3 Å². The van der Waals surface area contributed by atoms with Gasteiger partial charge in [-0.2, -0.15) is 0 Å². The highest BCUT2D eigenvalue weighted by molar-refractivity contribution is 7.20. The molecule has 0 radical (unpaired) electrons. The van der Waals surface area contributed by atoms with E-state index >= 15 is 0 Å². The fourth-order valence-electron chi connectivity index (χ4n) is 5.18. The molecule has 41 heavy (non-hydrogen) atoms. The van der Waals surface area contributed by atoms with Crippen LogP contribution in [0.3, 0.4) is 0 Å². The van der Waals surface area contributed by atoms with Gasteiger partial charge < -0.3 is 21.3 Å². The lowest BCUT2D eigenvalue weighted by Crippen LogP contribution is -2.58. The van der Waals surface area contributed by atoms with Crippen molar-refractivity contribution >= 4 is 45.2 Å². The molecule has 5 N–H and O–H groups in total. The maximum Gasteiger partial charge on any atom is 0.328 e. The largest absolute Gasteiger partial charge is 0.370 e. The summed E-state index contributed by atoms with van der Waals surface area (Å²) in [5.41, 5.74) is 13.0. The molecule has 1 aliphatic heterocycles. The molecule has 3 amide bonds. The molecule has 2 heterocycles. The number of carbonyl (C=O) groups excluding carboxylic acids is 3. The van der Waals surface area contributed by atoms with Crippen LogP contribution in [0.25, 0.3) is 10.2 Å². The number of aromatic nitrogens is 1. The van der Waals surface area contributed by atoms with Gasteiger partial charge in [0.25, 0.3) is 0 Å². The van der Waals surface area contributed by atoms with Crippen LogP contribution in [0.2, 0.25) is 0 Å². The first-order chi connectivity index (χ1) is 19.5. The van der Waals surface area contributed by atoms with Crippen LogP contribution in [0.1, 0.15) is 60.9 Å². The number of guanidine groups is 1. The summed E-state index contributed by atoms with van der Waals surface area (Å²) in [6.45, 7) is 3.71. The maximum atomic E-state index is 14.4. The Morgan fingerprint density at radius 1 is 1.17 bits per heavy atom. The number of benzene rings is 2. The van der Waals surface area contributed by atoms with Crippen LogP contribution < -0.4 is 11.5 Å². The molecule has 0 aliphatic carbocycles. The Hall–Kier alpha value is -3.90. The second-order valence-corrected chi connectivity index (χ2v) is 11.5. The Kier molecular flexibility index (Phi) is 9.34. The van der Waals surface area contributed by atoms with Crippen molar-refractivity contribution in [3.63, 3.8) is 0 Å². The minimum absolute atomic E-state index is 0.125. The van der Waals surface area contributed by atoms with E-state index in [1.165, 1.54) is 35.3 Å². The van der Waals surface area contributed by atoms with E-state index in [0.29, 0.717) is 31.3 Å². The number of hydrogen-bond donors (Lipinski definition) is 3. The molecule has 1 fully saturated rings. The molecular weight excluding hydrogens is 545 g/mol. The summed E-state index contributed by atoms with van der Waals surface area (Å²) in [7, 11) is 1.65. The lowest BCUT2D eigenvalue weighted by atomic mass is 10.0. The number of urea groups is 1. The highest BCUT2D eigenvalue weighted by atomic mass is 32.1. The van der Waals surface area contributed by atoms with E-state index in [4.69, 9.17) is 16.9 Å². The predicted octanol–water partition coefficient (Wildman–Crippen LogP) is 4.11. The number of rotatable bonds is 9. The second kappa shape index (κ2) is 12.7. The minimum Gasteiger partial charge on any atom is -0.370 e. The van der Waals surface area contributed by atoms with Gasteiger partial charge in [0, 0.05) is 19.6 Å². The number of Topliss-reactive ketones (excluding diaryl/α,β-unsaturated/α-hetero) is 1. The van der Waals surface area contributed by atoms with Crippen molar-refractivity contribution in [1.29, 1.82) is 5.41 Å². The Morgan fingerprint density at radius 3 is 2.49 bits per heavy atom. The summed E-state index contributed by atoms with van der Waals surface area (Å²) in [5.74, 6) is -1.65. The van der Waals surface area contributed by atoms with Crippen molar-refractivity contribution < 1.29 is 18.8 Å². The summed E-state index contributed by atoms with van der Waals surface area (Å²) in [4.78, 5) is 50.8. The first-order valence-electron chi connectivity index (χ1n) is 13.6. The molecule has 4 atom stereocenters. The van der Waals surface area contributed by atoms with E-state index < -0.39 is 35.8 Å². The monoisotopic (exact) mass is 581 g/mol. The zero-order chi connectivity index (χ0) is 29.8. The molecule has 10 nitrogen and oxygen atoms in total. The highest BCUT2D eigenvalue weighted by Gasteiger charge is 2.44. The predicted molar refractivity (Wildman–Crippen MR) is 157 cm³/mol. The van der Waals surface area contributed by atoms with Gasteiger partial charge in [0.05, 0.1) is 22.3 Å². The number of nitrogens with one attached hydrogen (secondary N) is 1. The van der Waals surface area contributed by atoms with Gasteiger partial charge in [-0.25, -0.2) is 14.2 Å². The number of amides is 3. The number of imide groups is 1. The number of likely N-dealkylation sites (tertiary alicyclic amines) is 1. The van der Waals surface area contributed by atoms with E-state index in [-0.39, 0.29) is 29.2 Å². The minimum atomic E-state index is -1.18. The lowest BCUT2D eigenvalue weighted by molar-refractivity contribution is -0.131. The third kappa shape index (κ3) is 6.54. The van der Waals surface area contributed by atoms with Crippen LogP contribution in [-0.2, 0) is 4.79 Å². The molecule has 2 aromatic carbocycles. The summed E-state index contributed by atoms with van der Waals surface area (Å²) in [6, 6.07) is 9.81. The summed E-state index contributed by atoms with van der Waals surface area (Å²) in [6.07, 6.45) is 1.79. The molecule has 3 aromatic rings. The highest BCUT2D eigenvalue weighted by Crippen LogP contribution is 2.38. The van der Waals surface area contributed by atoms with E-state index in [1.54, 1.807) is 30.1 Å². The van der Waals surface area contributed by atoms with Gasteiger partial charge in [0.2, 0.25) is 11.7 Å². The maximum absolute atomic E-state index is 14.4. The van der Waals surface area contributed by atoms with Crippen LogP contribution in [0.15, 0.2) is 48.5 Å². The van der Waals surface area contributed by atoms with E-state index in [2.05, 4.69) is 4.98 Å². The Balaban J connectivity index is 1.74. The Morgan fingerprint density at radius 2 is 1.85 bits per heavy atom. The standard InChI is InChI=1S/C29H36FN7O3S/c1-17-10-15-22(19-11-13-20(30)14-12-19)36(17)29(40)37(27(39)18(2)31)23(8-6-16-35(3)28(32)33)25(38)26-34-21-7-4-5-9-24(21)41-26/h4-5,7,9,11-14,17-18,22-23H,6,8,10,15-16,31H2,1-3H3,(H3,32,33)/t17-,18+,22?,23?/m1/s1. The third-order valence-electron chi connectivity index (χ3n) is 7.48. The van der Waals surface area contributed by atoms with Crippen LogP contribution in [0, 0.1) is 11.2 Å². The SMILES string of the molecule is C[C@H](N)C(=O)N(C(=O)N1C(c2ccc(F)cc2)CC[C@H]1C)C(CCCN(C)C(=N)N)C(=O)c1nc2ccccc2s1. The number of thiazole rings is 1.